The molecule has 0 amide bonds. The lowest BCUT2D eigenvalue weighted by atomic mass is 9.93. The van der Waals surface area contributed by atoms with E-state index in [0.717, 1.165) is 85.4 Å². The Hall–Kier alpha value is -8.82. The van der Waals surface area contributed by atoms with E-state index in [1.165, 1.54) is 0 Å². The minimum absolute atomic E-state index is 0.787. The highest BCUT2D eigenvalue weighted by molar-refractivity contribution is 5.84. The van der Waals surface area contributed by atoms with Crippen LogP contribution in [0.25, 0.3) is 33.4 Å². The molecular weight excluding hydrogens is 775 g/mol. The lowest BCUT2D eigenvalue weighted by Gasteiger charge is -2.23. The average molecular weight is 814 g/mol. The summed E-state index contributed by atoms with van der Waals surface area (Å²) in [5, 5.41) is 0. The summed E-state index contributed by atoms with van der Waals surface area (Å²) in [5.74, 6) is 4.72. The molecule has 0 atom stereocenters. The first-order chi connectivity index (χ1) is 31.2. The molecule has 9 heteroatoms. The molecule has 0 aliphatic heterocycles. The number of nitrogens with zero attached hydrogens (tertiary/aromatic N) is 9. The Bertz CT molecular complexity index is 2550. The van der Waals surface area contributed by atoms with Crippen molar-refractivity contribution >= 4 is 52.0 Å². The highest BCUT2D eigenvalue weighted by atomic mass is 15.3. The average Bonchev–Trinajstić information content (AvgIpc) is 3.37. The van der Waals surface area contributed by atoms with Crippen LogP contribution in [0.1, 0.15) is 0 Å². The molecule has 0 radical (unpaired) electrons. The van der Waals surface area contributed by atoms with Crippen molar-refractivity contribution in [3.05, 3.63) is 237 Å². The molecule has 0 aliphatic rings. The normalized spacial score (nSPS) is 10.9. The number of anilines is 9. The Labute approximate surface area is 366 Å². The maximum atomic E-state index is 4.67. The van der Waals surface area contributed by atoms with Crippen LogP contribution in [-0.4, -0.2) is 29.9 Å². The third kappa shape index (κ3) is 8.35. The molecule has 0 N–H and O–H groups in total. The molecule has 0 saturated carbocycles. The van der Waals surface area contributed by atoms with Gasteiger partial charge in [-0.3, -0.25) is 14.7 Å². The number of hydrogen-bond donors (Lipinski definition) is 0. The SMILES string of the molecule is c1ccc(N(c2ccc(-c3cc(-c4ccc(N(c5ccccn5)c5ccccn5)cc4)cc(-c4ccc(N(c5ccccn5)c5ccccn5)cc4)c3)cc2)c2ccccn2)nc1. The first kappa shape index (κ1) is 38.4. The molecule has 0 bridgehead atoms. The zero-order valence-corrected chi connectivity index (χ0v) is 34.0. The summed E-state index contributed by atoms with van der Waals surface area (Å²) in [6, 6.07) is 67.9. The van der Waals surface area contributed by atoms with E-state index < -0.39 is 0 Å². The van der Waals surface area contributed by atoms with Gasteiger partial charge in [-0.15, -0.1) is 0 Å². The van der Waals surface area contributed by atoms with E-state index >= 15 is 0 Å². The Balaban J connectivity index is 1.05. The topological polar surface area (TPSA) is 87.1 Å². The van der Waals surface area contributed by atoms with Crippen LogP contribution in [0, 0.1) is 0 Å². The molecule has 0 saturated heterocycles. The first-order valence-electron chi connectivity index (χ1n) is 20.6. The largest absolute Gasteiger partial charge is 0.279 e. The van der Waals surface area contributed by atoms with Crippen molar-refractivity contribution in [1.82, 2.24) is 29.9 Å². The molecule has 4 aromatic carbocycles. The summed E-state index contributed by atoms with van der Waals surface area (Å²) >= 11 is 0. The second-order valence-electron chi connectivity index (χ2n) is 14.6. The standard InChI is InChI=1S/C54H39N9/c1-7-31-55-49(13-1)61(50-14-2-8-32-56-50)46-25-19-40(20-26-46)43-37-44(41-21-27-47(28-22-41)62(51-15-3-9-33-57-51)52-16-4-10-34-58-52)39-45(38-43)42-23-29-48(30-24-42)63(53-17-5-11-35-59-53)54-18-6-12-36-60-54/h1-39H. The van der Waals surface area contributed by atoms with Gasteiger partial charge < -0.3 is 0 Å². The van der Waals surface area contributed by atoms with E-state index in [4.69, 9.17) is 0 Å². The summed E-state index contributed by atoms with van der Waals surface area (Å²) in [6.45, 7) is 0. The van der Waals surface area contributed by atoms with Gasteiger partial charge in [0.2, 0.25) is 0 Å². The van der Waals surface area contributed by atoms with E-state index in [2.05, 4.69) is 136 Å². The predicted molar refractivity (Wildman–Crippen MR) is 254 cm³/mol. The molecule has 0 fully saturated rings. The van der Waals surface area contributed by atoms with Crippen molar-refractivity contribution in [2.24, 2.45) is 0 Å². The van der Waals surface area contributed by atoms with Crippen molar-refractivity contribution < 1.29 is 0 Å². The van der Waals surface area contributed by atoms with Crippen LogP contribution in [0.3, 0.4) is 0 Å². The second kappa shape index (κ2) is 17.8. The zero-order valence-electron chi connectivity index (χ0n) is 34.0. The fourth-order valence-electron chi connectivity index (χ4n) is 7.60. The van der Waals surface area contributed by atoms with Gasteiger partial charge >= 0.3 is 0 Å². The first-order valence-corrected chi connectivity index (χ1v) is 20.6. The summed E-state index contributed by atoms with van der Waals surface area (Å²) in [6.07, 6.45) is 10.8. The van der Waals surface area contributed by atoms with E-state index in [1.54, 1.807) is 37.2 Å². The predicted octanol–water partition coefficient (Wildman–Crippen LogP) is 13.5. The fraction of sp³-hybridized carbons (Fsp3) is 0. The summed E-state index contributed by atoms with van der Waals surface area (Å²) < 4.78 is 0. The minimum atomic E-state index is 0.787. The van der Waals surface area contributed by atoms with E-state index in [1.807, 2.05) is 109 Å². The minimum Gasteiger partial charge on any atom is -0.279 e. The van der Waals surface area contributed by atoms with Crippen molar-refractivity contribution in [3.63, 3.8) is 0 Å². The molecule has 10 rings (SSSR count). The molecule has 0 unspecified atom stereocenters. The van der Waals surface area contributed by atoms with Crippen LogP contribution in [0.5, 0.6) is 0 Å². The van der Waals surface area contributed by atoms with Crippen LogP contribution in [0.2, 0.25) is 0 Å². The second-order valence-corrected chi connectivity index (χ2v) is 14.6. The monoisotopic (exact) mass is 813 g/mol. The Kier molecular flexibility index (Phi) is 10.8. The number of aromatic nitrogens is 6. The summed E-state index contributed by atoms with van der Waals surface area (Å²) in [7, 11) is 0. The number of pyridine rings is 6. The Morgan fingerprint density at radius 3 is 0.587 bits per heavy atom. The number of rotatable bonds is 12. The van der Waals surface area contributed by atoms with Gasteiger partial charge in [-0.05, 0) is 161 Å². The van der Waals surface area contributed by atoms with Gasteiger partial charge in [-0.1, -0.05) is 72.8 Å². The highest BCUT2D eigenvalue weighted by Gasteiger charge is 2.18. The van der Waals surface area contributed by atoms with Crippen molar-refractivity contribution in [2.45, 2.75) is 0 Å². The smallest absolute Gasteiger partial charge is 0.138 e. The number of benzene rings is 4. The van der Waals surface area contributed by atoms with Crippen molar-refractivity contribution in [1.29, 1.82) is 0 Å². The van der Waals surface area contributed by atoms with Crippen LogP contribution in [0.15, 0.2) is 237 Å². The maximum absolute atomic E-state index is 4.67. The fourth-order valence-corrected chi connectivity index (χ4v) is 7.60. The van der Waals surface area contributed by atoms with E-state index in [0.29, 0.717) is 0 Å². The lowest BCUT2D eigenvalue weighted by Crippen LogP contribution is -2.12. The Morgan fingerprint density at radius 1 is 0.206 bits per heavy atom. The van der Waals surface area contributed by atoms with Gasteiger partial charge in [0, 0.05) is 54.2 Å². The molecule has 63 heavy (non-hydrogen) atoms. The number of hydrogen-bond acceptors (Lipinski definition) is 9. The van der Waals surface area contributed by atoms with Crippen LogP contribution < -0.4 is 14.7 Å². The molecule has 6 aromatic heterocycles. The van der Waals surface area contributed by atoms with Gasteiger partial charge in [0.15, 0.2) is 0 Å². The van der Waals surface area contributed by atoms with Gasteiger partial charge in [0.25, 0.3) is 0 Å². The molecular formula is C54H39N9. The van der Waals surface area contributed by atoms with E-state index in [9.17, 15) is 0 Å². The molecule has 0 aliphatic carbocycles. The molecule has 10 aromatic rings. The van der Waals surface area contributed by atoms with E-state index in [-0.39, 0.29) is 0 Å². The molecule has 300 valence electrons. The van der Waals surface area contributed by atoms with Gasteiger partial charge in [0.05, 0.1) is 0 Å². The Morgan fingerprint density at radius 2 is 0.413 bits per heavy atom. The molecule has 9 nitrogen and oxygen atoms in total. The third-order valence-electron chi connectivity index (χ3n) is 10.6. The molecule has 6 heterocycles. The van der Waals surface area contributed by atoms with Crippen molar-refractivity contribution in [3.8, 4) is 33.4 Å². The van der Waals surface area contributed by atoms with Crippen LogP contribution >= 0.6 is 0 Å². The quantitative estimate of drug-likeness (QED) is 0.120. The van der Waals surface area contributed by atoms with Crippen LogP contribution in [0.4, 0.5) is 52.0 Å². The lowest BCUT2D eigenvalue weighted by molar-refractivity contribution is 1.12. The van der Waals surface area contributed by atoms with Crippen molar-refractivity contribution in [2.75, 3.05) is 14.7 Å². The van der Waals surface area contributed by atoms with Gasteiger partial charge in [-0.2, -0.15) is 0 Å². The zero-order chi connectivity index (χ0) is 42.2. The third-order valence-corrected chi connectivity index (χ3v) is 10.6. The van der Waals surface area contributed by atoms with Crippen LogP contribution in [-0.2, 0) is 0 Å². The summed E-state index contributed by atoms with van der Waals surface area (Å²) in [5.41, 5.74) is 9.32. The highest BCUT2D eigenvalue weighted by Crippen LogP contribution is 2.39. The van der Waals surface area contributed by atoms with Gasteiger partial charge in [-0.25, -0.2) is 29.9 Å². The summed E-state index contributed by atoms with van der Waals surface area (Å²) in [4.78, 5) is 34.2. The maximum Gasteiger partial charge on any atom is 0.138 e. The van der Waals surface area contributed by atoms with Gasteiger partial charge in [0.1, 0.15) is 34.9 Å². The molecule has 0 spiro atoms.